The van der Waals surface area contributed by atoms with Gasteiger partial charge in [-0.3, -0.25) is 28.4 Å². The summed E-state index contributed by atoms with van der Waals surface area (Å²) >= 11 is 0. The Hall–Kier alpha value is -3.88. The summed E-state index contributed by atoms with van der Waals surface area (Å²) in [6, 6.07) is 14.6. The first kappa shape index (κ1) is 22.9. The summed E-state index contributed by atoms with van der Waals surface area (Å²) in [7, 11) is 0. The van der Waals surface area contributed by atoms with Gasteiger partial charge in [-0.25, -0.2) is 4.79 Å². The van der Waals surface area contributed by atoms with Crippen molar-refractivity contribution in [2.24, 2.45) is 0 Å². The molecule has 1 spiro atoms. The van der Waals surface area contributed by atoms with Crippen LogP contribution in [-0.4, -0.2) is 39.1 Å². The number of rotatable bonds is 6. The van der Waals surface area contributed by atoms with Crippen LogP contribution < -0.4 is 15.9 Å². The van der Waals surface area contributed by atoms with Gasteiger partial charge in [-0.2, -0.15) is 0 Å². The molecule has 1 aliphatic heterocycles. The molecule has 5 rings (SSSR count). The van der Waals surface area contributed by atoms with E-state index < -0.39 is 24.0 Å². The quantitative estimate of drug-likeness (QED) is 0.551. The van der Waals surface area contributed by atoms with Crippen molar-refractivity contribution in [2.45, 2.75) is 57.7 Å². The number of esters is 1. The van der Waals surface area contributed by atoms with Gasteiger partial charge in [0.2, 0.25) is 0 Å². The second-order valence-electron chi connectivity index (χ2n) is 9.02. The number of hydrogen-bond acceptors (Lipinski definition) is 5. The molecule has 9 heteroatoms. The highest BCUT2D eigenvalue weighted by atomic mass is 16.5. The summed E-state index contributed by atoms with van der Waals surface area (Å²) in [5.41, 5.74) is 1.62. The minimum atomic E-state index is -0.951. The fraction of sp³-hybridized carbons (Fsp3) is 0.385. The molecule has 0 atom stereocenters. The summed E-state index contributed by atoms with van der Waals surface area (Å²) < 4.78 is 8.55. The van der Waals surface area contributed by atoms with Gasteiger partial charge in [-0.05, 0) is 44.0 Å². The minimum Gasteiger partial charge on any atom is -0.455 e. The Morgan fingerprint density at radius 2 is 1.63 bits per heavy atom. The van der Waals surface area contributed by atoms with E-state index >= 15 is 0 Å². The van der Waals surface area contributed by atoms with E-state index in [2.05, 4.69) is 5.32 Å². The lowest BCUT2D eigenvalue weighted by Gasteiger charge is -2.44. The highest BCUT2D eigenvalue weighted by Crippen LogP contribution is 2.45. The van der Waals surface area contributed by atoms with Crippen LogP contribution in [0.1, 0.15) is 39.0 Å². The number of fused-ring (bicyclic) bond motifs is 2. The number of nitrogens with one attached hydrogen (secondary N) is 1. The number of para-hydroxylation sites is 4. The maximum atomic E-state index is 13.3. The molecule has 1 fully saturated rings. The molecular formula is C26H28N4O5. The molecule has 0 bridgehead atoms. The van der Waals surface area contributed by atoms with Gasteiger partial charge in [-0.1, -0.05) is 37.1 Å². The predicted molar refractivity (Wildman–Crippen MR) is 131 cm³/mol. The molecule has 182 valence electrons. The number of amides is 2. The average Bonchev–Trinajstić information content (AvgIpc) is 3.45. The fourth-order valence-corrected chi connectivity index (χ4v) is 5.40. The number of carbonyl (C=O) groups excluding carboxylic acids is 3. The van der Waals surface area contributed by atoms with E-state index in [1.54, 1.807) is 27.3 Å². The van der Waals surface area contributed by atoms with E-state index in [9.17, 15) is 19.2 Å². The molecule has 2 aliphatic rings. The molecular weight excluding hydrogens is 448 g/mol. The van der Waals surface area contributed by atoms with Crippen LogP contribution in [0.25, 0.3) is 11.0 Å². The minimum absolute atomic E-state index is 0.0485. The summed E-state index contributed by atoms with van der Waals surface area (Å²) in [4.78, 5) is 53.2. The van der Waals surface area contributed by atoms with Crippen LogP contribution in [0.3, 0.4) is 0 Å². The zero-order valence-electron chi connectivity index (χ0n) is 19.7. The SMILES string of the molecule is CCn1c(=O)n(CCC(=O)OCC(=O)N2c3ccccc3NC(=O)C23CCCC3)c2ccccc21. The largest absolute Gasteiger partial charge is 0.455 e. The van der Waals surface area contributed by atoms with E-state index in [4.69, 9.17) is 4.74 Å². The van der Waals surface area contributed by atoms with Gasteiger partial charge in [0.15, 0.2) is 6.61 Å². The van der Waals surface area contributed by atoms with Gasteiger partial charge >= 0.3 is 11.7 Å². The average molecular weight is 477 g/mol. The summed E-state index contributed by atoms with van der Waals surface area (Å²) in [5.74, 6) is -1.20. The van der Waals surface area contributed by atoms with Crippen molar-refractivity contribution in [1.82, 2.24) is 9.13 Å². The Kier molecular flexibility index (Phi) is 5.92. The van der Waals surface area contributed by atoms with Crippen LogP contribution in [0.2, 0.25) is 0 Å². The first-order valence-electron chi connectivity index (χ1n) is 12.0. The number of aromatic nitrogens is 2. The second-order valence-corrected chi connectivity index (χ2v) is 9.02. The molecule has 0 radical (unpaired) electrons. The van der Waals surface area contributed by atoms with Crippen molar-refractivity contribution in [1.29, 1.82) is 0 Å². The van der Waals surface area contributed by atoms with E-state index in [1.807, 2.05) is 37.3 Å². The third kappa shape index (κ3) is 3.80. The smallest absolute Gasteiger partial charge is 0.329 e. The van der Waals surface area contributed by atoms with Crippen molar-refractivity contribution in [2.75, 3.05) is 16.8 Å². The molecule has 2 amide bonds. The summed E-state index contributed by atoms with van der Waals surface area (Å²) in [6.07, 6.45) is 2.78. The van der Waals surface area contributed by atoms with Crippen LogP contribution in [-0.2, 0) is 32.2 Å². The summed E-state index contributed by atoms with van der Waals surface area (Å²) in [6.45, 7) is 2.11. The number of nitrogens with zero attached hydrogens (tertiary/aromatic N) is 3. The zero-order chi connectivity index (χ0) is 24.6. The number of hydrogen-bond donors (Lipinski definition) is 1. The summed E-state index contributed by atoms with van der Waals surface area (Å²) in [5, 5.41) is 2.93. The molecule has 1 aromatic heterocycles. The van der Waals surface area contributed by atoms with Crippen molar-refractivity contribution in [3.8, 4) is 0 Å². The monoisotopic (exact) mass is 476 g/mol. The first-order chi connectivity index (χ1) is 17.0. The van der Waals surface area contributed by atoms with Gasteiger partial charge in [-0.15, -0.1) is 0 Å². The lowest BCUT2D eigenvalue weighted by atomic mass is 9.90. The van der Waals surface area contributed by atoms with Gasteiger partial charge < -0.3 is 10.1 Å². The molecule has 35 heavy (non-hydrogen) atoms. The normalized spacial score (nSPS) is 16.4. The molecule has 0 saturated heterocycles. The maximum Gasteiger partial charge on any atom is 0.329 e. The van der Waals surface area contributed by atoms with E-state index in [0.29, 0.717) is 30.8 Å². The van der Waals surface area contributed by atoms with Crippen LogP contribution in [0.5, 0.6) is 0 Å². The number of aryl methyl sites for hydroxylation is 2. The van der Waals surface area contributed by atoms with Crippen molar-refractivity contribution in [3.05, 3.63) is 59.0 Å². The lowest BCUT2D eigenvalue weighted by molar-refractivity contribution is -0.148. The third-order valence-corrected chi connectivity index (χ3v) is 7.06. The molecule has 3 aromatic rings. The Morgan fingerprint density at radius 1 is 0.971 bits per heavy atom. The van der Waals surface area contributed by atoms with E-state index in [0.717, 1.165) is 23.9 Å². The Labute approximate surface area is 202 Å². The van der Waals surface area contributed by atoms with Crippen LogP contribution >= 0.6 is 0 Å². The number of anilines is 2. The third-order valence-electron chi connectivity index (χ3n) is 7.06. The standard InChI is InChI=1S/C26H28N4O5/c1-2-28-20-11-5-6-12-21(20)29(25(28)34)16-13-23(32)35-17-22(31)30-19-10-4-3-9-18(19)27-24(33)26(30)14-7-8-15-26/h3-6,9-12H,2,7-8,13-17H2,1H3,(H,27,33). The second kappa shape index (κ2) is 9.05. The number of imidazole rings is 1. The van der Waals surface area contributed by atoms with Crippen molar-refractivity contribution < 1.29 is 19.1 Å². The number of carbonyl (C=O) groups is 3. The van der Waals surface area contributed by atoms with Crippen LogP contribution in [0, 0.1) is 0 Å². The topological polar surface area (TPSA) is 103 Å². The molecule has 9 nitrogen and oxygen atoms in total. The molecule has 1 saturated carbocycles. The first-order valence-corrected chi connectivity index (χ1v) is 12.0. The highest BCUT2D eigenvalue weighted by molar-refractivity contribution is 6.15. The molecule has 0 unspecified atom stereocenters. The Morgan fingerprint density at radius 3 is 2.34 bits per heavy atom. The van der Waals surface area contributed by atoms with Gasteiger partial charge in [0.25, 0.3) is 11.8 Å². The molecule has 1 N–H and O–H groups in total. The van der Waals surface area contributed by atoms with Gasteiger partial charge in [0, 0.05) is 13.1 Å². The maximum absolute atomic E-state index is 13.3. The lowest BCUT2D eigenvalue weighted by Crippen LogP contribution is -2.61. The molecule has 2 aromatic carbocycles. The van der Waals surface area contributed by atoms with Gasteiger partial charge in [0.1, 0.15) is 5.54 Å². The van der Waals surface area contributed by atoms with E-state index in [1.165, 1.54) is 4.90 Å². The number of ether oxygens (including phenoxy) is 1. The molecule has 1 aliphatic carbocycles. The van der Waals surface area contributed by atoms with Crippen LogP contribution in [0.15, 0.2) is 53.3 Å². The van der Waals surface area contributed by atoms with Crippen molar-refractivity contribution in [3.63, 3.8) is 0 Å². The highest BCUT2D eigenvalue weighted by Gasteiger charge is 2.52. The Balaban J connectivity index is 1.30. The Bertz CT molecular complexity index is 1370. The molecule has 2 heterocycles. The predicted octanol–water partition coefficient (Wildman–Crippen LogP) is 3.05. The fourth-order valence-electron chi connectivity index (χ4n) is 5.40. The zero-order valence-corrected chi connectivity index (χ0v) is 19.7. The van der Waals surface area contributed by atoms with E-state index in [-0.39, 0.29) is 24.6 Å². The van der Waals surface area contributed by atoms with Gasteiger partial charge in [0.05, 0.1) is 28.8 Å². The number of benzene rings is 2. The van der Waals surface area contributed by atoms with Crippen LogP contribution in [0.4, 0.5) is 11.4 Å². The van der Waals surface area contributed by atoms with Crippen molar-refractivity contribution >= 4 is 40.2 Å².